The molecule has 0 bridgehead atoms. The molecule has 1 aliphatic carbocycles. The van der Waals surface area contributed by atoms with Crippen LogP contribution in [0, 0.1) is 0 Å². The Morgan fingerprint density at radius 2 is 1.97 bits per heavy atom. The number of nitrogens with zero attached hydrogens (tertiary/aromatic N) is 3. The van der Waals surface area contributed by atoms with E-state index in [1.54, 1.807) is 18.2 Å². The SMILES string of the molecule is O=C(CSc1nnc(CNc2cccc(C(F)(F)F)c2)n1C1CCCCC1)c1ccc(Cl)s1. The fourth-order valence-electron chi connectivity index (χ4n) is 3.88. The minimum Gasteiger partial charge on any atom is -0.378 e. The third-order valence-corrected chi connectivity index (χ3v) is 7.71. The minimum atomic E-state index is -4.40. The molecule has 1 N–H and O–H groups in total. The number of Topliss-reactive ketones (excluding diaryl/α,β-unsaturated/α-hetero) is 1. The van der Waals surface area contributed by atoms with Gasteiger partial charge in [-0.2, -0.15) is 13.2 Å². The summed E-state index contributed by atoms with van der Waals surface area (Å²) in [4.78, 5) is 13.1. The number of halogens is 4. The van der Waals surface area contributed by atoms with Crippen molar-refractivity contribution in [1.29, 1.82) is 0 Å². The third kappa shape index (κ3) is 6.10. The molecular formula is C22H22ClF3N4OS2. The quantitative estimate of drug-likeness (QED) is 0.256. The Bertz CT molecular complexity index is 1110. The number of aromatic nitrogens is 3. The van der Waals surface area contributed by atoms with E-state index in [0.29, 0.717) is 25.9 Å². The lowest BCUT2D eigenvalue weighted by atomic mass is 9.95. The fourth-order valence-corrected chi connectivity index (χ4v) is 5.86. The number of alkyl halides is 3. The molecular weight excluding hydrogens is 493 g/mol. The summed E-state index contributed by atoms with van der Waals surface area (Å²) in [6.07, 6.45) is 0.937. The summed E-state index contributed by atoms with van der Waals surface area (Å²) in [5.41, 5.74) is -0.341. The highest BCUT2D eigenvalue weighted by molar-refractivity contribution is 7.99. The number of thiophene rings is 1. The van der Waals surface area contributed by atoms with E-state index in [9.17, 15) is 18.0 Å². The van der Waals surface area contributed by atoms with Gasteiger partial charge in [-0.05, 0) is 43.2 Å². The van der Waals surface area contributed by atoms with Gasteiger partial charge < -0.3 is 9.88 Å². The van der Waals surface area contributed by atoms with Crippen LogP contribution in [0.3, 0.4) is 0 Å². The zero-order chi connectivity index (χ0) is 23.4. The Kier molecular flexibility index (Phi) is 7.65. The first-order chi connectivity index (χ1) is 15.8. The number of hydrogen-bond donors (Lipinski definition) is 1. The molecule has 0 radical (unpaired) electrons. The van der Waals surface area contributed by atoms with Gasteiger partial charge in [-0.3, -0.25) is 4.79 Å². The van der Waals surface area contributed by atoms with Gasteiger partial charge in [-0.15, -0.1) is 21.5 Å². The molecule has 11 heteroatoms. The van der Waals surface area contributed by atoms with Crippen LogP contribution in [-0.2, 0) is 12.7 Å². The van der Waals surface area contributed by atoms with E-state index in [1.165, 1.54) is 35.6 Å². The summed E-state index contributed by atoms with van der Waals surface area (Å²) < 4.78 is 41.7. The van der Waals surface area contributed by atoms with Crippen molar-refractivity contribution in [1.82, 2.24) is 14.8 Å². The molecule has 2 heterocycles. The second kappa shape index (κ2) is 10.5. The predicted molar refractivity (Wildman–Crippen MR) is 125 cm³/mol. The molecule has 5 nitrogen and oxygen atoms in total. The highest BCUT2D eigenvalue weighted by atomic mass is 35.5. The van der Waals surface area contributed by atoms with Crippen LogP contribution in [-0.4, -0.2) is 26.3 Å². The van der Waals surface area contributed by atoms with Gasteiger partial charge in [0.25, 0.3) is 0 Å². The number of benzene rings is 1. The summed E-state index contributed by atoms with van der Waals surface area (Å²) in [6, 6.07) is 8.72. The van der Waals surface area contributed by atoms with E-state index < -0.39 is 11.7 Å². The van der Waals surface area contributed by atoms with Gasteiger partial charge in [0.1, 0.15) is 0 Å². The highest BCUT2D eigenvalue weighted by Gasteiger charge is 2.30. The Morgan fingerprint density at radius 1 is 1.18 bits per heavy atom. The molecule has 1 aromatic carbocycles. The van der Waals surface area contributed by atoms with Crippen LogP contribution in [0.4, 0.5) is 18.9 Å². The molecule has 0 amide bonds. The number of carbonyl (C=O) groups is 1. The van der Waals surface area contributed by atoms with E-state index in [1.807, 2.05) is 0 Å². The highest BCUT2D eigenvalue weighted by Crippen LogP contribution is 2.34. The zero-order valence-corrected chi connectivity index (χ0v) is 20.0. The Balaban J connectivity index is 1.50. The van der Waals surface area contributed by atoms with Crippen LogP contribution >= 0.6 is 34.7 Å². The van der Waals surface area contributed by atoms with E-state index in [4.69, 9.17) is 11.6 Å². The maximum Gasteiger partial charge on any atom is 0.416 e. The van der Waals surface area contributed by atoms with Crippen LogP contribution in [0.25, 0.3) is 0 Å². The molecule has 0 atom stereocenters. The molecule has 0 aliphatic heterocycles. The second-order valence-electron chi connectivity index (χ2n) is 7.81. The van der Waals surface area contributed by atoms with Crippen molar-refractivity contribution in [2.45, 2.75) is 56.0 Å². The van der Waals surface area contributed by atoms with Gasteiger partial charge >= 0.3 is 6.18 Å². The average molecular weight is 515 g/mol. The van der Waals surface area contributed by atoms with Gasteiger partial charge in [-0.1, -0.05) is 48.7 Å². The molecule has 33 heavy (non-hydrogen) atoms. The lowest BCUT2D eigenvalue weighted by Crippen LogP contribution is -2.18. The fraction of sp³-hybridized carbons (Fsp3) is 0.409. The first-order valence-corrected chi connectivity index (χ1v) is 12.8. The number of nitrogens with one attached hydrogen (secondary N) is 1. The molecule has 176 valence electrons. The number of hydrogen-bond acceptors (Lipinski definition) is 6. The van der Waals surface area contributed by atoms with Gasteiger partial charge in [-0.25, -0.2) is 0 Å². The Hall–Kier alpha value is -2.04. The van der Waals surface area contributed by atoms with E-state index in [-0.39, 0.29) is 24.1 Å². The largest absolute Gasteiger partial charge is 0.416 e. The van der Waals surface area contributed by atoms with Gasteiger partial charge in [0, 0.05) is 11.7 Å². The van der Waals surface area contributed by atoms with Crippen molar-refractivity contribution in [3.05, 3.63) is 57.0 Å². The molecule has 0 saturated heterocycles. The molecule has 1 saturated carbocycles. The van der Waals surface area contributed by atoms with E-state index in [0.717, 1.165) is 37.8 Å². The maximum atomic E-state index is 13.0. The van der Waals surface area contributed by atoms with Crippen LogP contribution in [0.5, 0.6) is 0 Å². The molecule has 1 aliphatic rings. The summed E-state index contributed by atoms with van der Waals surface area (Å²) in [7, 11) is 0. The van der Waals surface area contributed by atoms with Gasteiger partial charge in [0.2, 0.25) is 0 Å². The normalized spacial score (nSPS) is 15.0. The first kappa shape index (κ1) is 24.1. The molecule has 3 aromatic rings. The first-order valence-electron chi connectivity index (χ1n) is 10.6. The lowest BCUT2D eigenvalue weighted by molar-refractivity contribution is -0.137. The third-order valence-electron chi connectivity index (χ3n) is 5.50. The average Bonchev–Trinajstić information content (AvgIpc) is 3.42. The molecule has 1 fully saturated rings. The Labute approximate surface area is 202 Å². The predicted octanol–water partition coefficient (Wildman–Crippen LogP) is 7.10. The smallest absolute Gasteiger partial charge is 0.378 e. The van der Waals surface area contributed by atoms with Gasteiger partial charge in [0.05, 0.1) is 27.1 Å². The number of anilines is 1. The van der Waals surface area contributed by atoms with Crippen molar-refractivity contribution in [2.24, 2.45) is 0 Å². The van der Waals surface area contributed by atoms with Crippen LogP contribution < -0.4 is 5.32 Å². The number of ketones is 1. The minimum absolute atomic E-state index is 0.0289. The van der Waals surface area contributed by atoms with Crippen molar-refractivity contribution < 1.29 is 18.0 Å². The Morgan fingerprint density at radius 3 is 2.67 bits per heavy atom. The summed E-state index contributed by atoms with van der Waals surface area (Å²) in [6.45, 7) is 0.236. The van der Waals surface area contributed by atoms with Crippen molar-refractivity contribution in [3.63, 3.8) is 0 Å². The summed E-state index contributed by atoms with van der Waals surface area (Å²) >= 11 is 8.51. The second-order valence-corrected chi connectivity index (χ2v) is 10.5. The number of thioether (sulfide) groups is 1. The summed E-state index contributed by atoms with van der Waals surface area (Å²) in [5, 5.41) is 12.3. The van der Waals surface area contributed by atoms with Crippen molar-refractivity contribution >= 4 is 46.2 Å². The van der Waals surface area contributed by atoms with Crippen LogP contribution in [0.1, 0.15) is 59.2 Å². The zero-order valence-electron chi connectivity index (χ0n) is 17.6. The van der Waals surface area contributed by atoms with Crippen molar-refractivity contribution in [3.8, 4) is 0 Å². The van der Waals surface area contributed by atoms with Crippen molar-refractivity contribution in [2.75, 3.05) is 11.1 Å². The summed E-state index contributed by atoms with van der Waals surface area (Å²) in [5.74, 6) is 0.829. The maximum absolute atomic E-state index is 13.0. The lowest BCUT2D eigenvalue weighted by Gasteiger charge is -2.25. The van der Waals surface area contributed by atoms with Crippen LogP contribution in [0.2, 0.25) is 4.34 Å². The molecule has 0 spiro atoms. The standard InChI is InChI=1S/C22H22ClF3N4OS2/c23-19-10-9-18(33-19)17(31)13-32-21-29-28-20(30(21)16-7-2-1-3-8-16)12-27-15-6-4-5-14(11-15)22(24,25)26/h4-6,9-11,16,27H,1-3,7-8,12-13H2. The van der Waals surface area contributed by atoms with Gasteiger partial charge in [0.15, 0.2) is 16.8 Å². The molecule has 2 aromatic heterocycles. The number of rotatable bonds is 8. The molecule has 4 rings (SSSR count). The van der Waals surface area contributed by atoms with E-state index >= 15 is 0 Å². The monoisotopic (exact) mass is 514 g/mol. The van der Waals surface area contributed by atoms with Crippen LogP contribution in [0.15, 0.2) is 41.6 Å². The molecule has 0 unspecified atom stereocenters. The van der Waals surface area contributed by atoms with E-state index in [2.05, 4.69) is 20.1 Å². The number of carbonyl (C=O) groups excluding carboxylic acids is 1. The topological polar surface area (TPSA) is 59.8 Å².